The van der Waals surface area contributed by atoms with Crippen molar-refractivity contribution < 1.29 is 14.0 Å². The van der Waals surface area contributed by atoms with E-state index in [-0.39, 0.29) is 24.2 Å². The molecule has 7 nitrogen and oxygen atoms in total. The Morgan fingerprint density at radius 2 is 2.17 bits per heavy atom. The molecule has 0 spiro atoms. The number of aromatic nitrogens is 2. The molecule has 4 rings (SSSR count). The predicted molar refractivity (Wildman–Crippen MR) is 87.3 cm³/mol. The number of likely N-dealkylation sites (tertiary alicyclic amines) is 1. The van der Waals surface area contributed by atoms with Crippen molar-refractivity contribution >= 4 is 28.7 Å². The molecule has 1 N–H and O–H groups in total. The lowest BCUT2D eigenvalue weighted by Gasteiger charge is -2.15. The van der Waals surface area contributed by atoms with E-state index in [2.05, 4.69) is 15.3 Å². The maximum absolute atomic E-state index is 12.6. The van der Waals surface area contributed by atoms with Crippen LogP contribution in [0.25, 0.3) is 11.1 Å². The van der Waals surface area contributed by atoms with E-state index < -0.39 is 0 Å². The van der Waals surface area contributed by atoms with Crippen LogP contribution in [-0.2, 0) is 9.59 Å². The minimum absolute atomic E-state index is 0.0743. The molecule has 0 radical (unpaired) electrons. The van der Waals surface area contributed by atoms with Gasteiger partial charge in [-0.15, -0.1) is 0 Å². The van der Waals surface area contributed by atoms with Gasteiger partial charge in [0.1, 0.15) is 17.9 Å². The van der Waals surface area contributed by atoms with Gasteiger partial charge < -0.3 is 14.6 Å². The first-order chi connectivity index (χ1) is 11.5. The highest BCUT2D eigenvalue weighted by Crippen LogP contribution is 2.33. The van der Waals surface area contributed by atoms with Gasteiger partial charge in [-0.25, -0.2) is 9.97 Å². The Kier molecular flexibility index (Phi) is 3.51. The number of fused-ring (bicyclic) bond motifs is 1. The number of anilines is 1. The lowest BCUT2D eigenvalue weighted by molar-refractivity contribution is -0.128. The summed E-state index contributed by atoms with van der Waals surface area (Å²) in [6.45, 7) is 5.06. The van der Waals surface area contributed by atoms with Gasteiger partial charge in [0.25, 0.3) is 0 Å². The third kappa shape index (κ3) is 2.64. The summed E-state index contributed by atoms with van der Waals surface area (Å²) in [5.41, 5.74) is 1.38. The molecular weight excluding hydrogens is 308 g/mol. The van der Waals surface area contributed by atoms with Crippen molar-refractivity contribution in [1.82, 2.24) is 14.9 Å². The van der Waals surface area contributed by atoms with Crippen LogP contribution in [-0.4, -0.2) is 39.8 Å². The maximum Gasteiger partial charge on any atom is 0.231 e. The van der Waals surface area contributed by atoms with Crippen LogP contribution in [0.5, 0.6) is 0 Å². The van der Waals surface area contributed by atoms with Gasteiger partial charge in [-0.1, -0.05) is 0 Å². The molecule has 1 saturated heterocycles. The molecule has 24 heavy (non-hydrogen) atoms. The highest BCUT2D eigenvalue weighted by molar-refractivity contribution is 6.02. The molecule has 0 bridgehead atoms. The van der Waals surface area contributed by atoms with Gasteiger partial charge in [-0.05, 0) is 32.6 Å². The van der Waals surface area contributed by atoms with Crippen molar-refractivity contribution in [3.05, 3.63) is 17.7 Å². The molecule has 2 aliphatic rings. The van der Waals surface area contributed by atoms with Crippen LogP contribution in [0.2, 0.25) is 0 Å². The summed E-state index contributed by atoms with van der Waals surface area (Å²) in [4.78, 5) is 34.8. The fraction of sp³-hybridized carbons (Fsp3) is 0.529. The van der Waals surface area contributed by atoms with E-state index in [1.165, 1.54) is 19.2 Å². The van der Waals surface area contributed by atoms with Crippen molar-refractivity contribution in [2.75, 3.05) is 18.4 Å². The minimum Gasteiger partial charge on any atom is -0.443 e. The van der Waals surface area contributed by atoms with Gasteiger partial charge in [0.2, 0.25) is 17.5 Å². The van der Waals surface area contributed by atoms with E-state index in [1.54, 1.807) is 0 Å². The van der Waals surface area contributed by atoms with E-state index in [0.717, 1.165) is 23.3 Å². The minimum atomic E-state index is -0.324. The summed E-state index contributed by atoms with van der Waals surface area (Å²) in [5, 5.41) is 3.59. The third-order valence-corrected chi connectivity index (χ3v) is 4.97. The zero-order valence-electron chi connectivity index (χ0n) is 13.8. The van der Waals surface area contributed by atoms with E-state index in [0.29, 0.717) is 24.0 Å². The Bertz CT molecular complexity index is 825. The van der Waals surface area contributed by atoms with E-state index in [9.17, 15) is 9.59 Å². The average Bonchev–Trinajstić information content (AvgIpc) is 3.22. The molecule has 1 aliphatic heterocycles. The second-order valence-corrected chi connectivity index (χ2v) is 6.82. The Labute approximate surface area is 139 Å². The first-order valence-electron chi connectivity index (χ1n) is 8.32. The van der Waals surface area contributed by atoms with E-state index >= 15 is 0 Å². The summed E-state index contributed by atoms with van der Waals surface area (Å²) >= 11 is 0. The molecule has 126 valence electrons. The van der Waals surface area contributed by atoms with Crippen LogP contribution >= 0.6 is 0 Å². The summed E-state index contributed by atoms with van der Waals surface area (Å²) in [7, 11) is 0. The molecule has 2 fully saturated rings. The Hall–Kier alpha value is -2.44. The summed E-state index contributed by atoms with van der Waals surface area (Å²) in [6.07, 6.45) is 4.03. The standard InChI is InChI=1S/C17H20N4O3/c1-9-10(2)24-17-14(9)15(18-8-19-17)20-16(23)12-5-13(22)21(7-12)6-11-3-4-11/h8,11-12H,3-7H2,1-2H3,(H,18,19,20,23)/t12-/m0/s1. The molecule has 0 aromatic carbocycles. The van der Waals surface area contributed by atoms with Crippen molar-refractivity contribution in [1.29, 1.82) is 0 Å². The van der Waals surface area contributed by atoms with Crippen molar-refractivity contribution in [2.45, 2.75) is 33.1 Å². The van der Waals surface area contributed by atoms with Gasteiger partial charge in [0, 0.05) is 25.1 Å². The Balaban J connectivity index is 1.51. The molecule has 3 heterocycles. The predicted octanol–water partition coefficient (Wildman–Crippen LogP) is 2.04. The van der Waals surface area contributed by atoms with Crippen molar-refractivity contribution in [2.24, 2.45) is 11.8 Å². The quantitative estimate of drug-likeness (QED) is 0.928. The van der Waals surface area contributed by atoms with Crippen LogP contribution in [0.3, 0.4) is 0 Å². The first kappa shape index (κ1) is 15.1. The number of hydrogen-bond donors (Lipinski definition) is 1. The molecule has 0 unspecified atom stereocenters. The first-order valence-corrected chi connectivity index (χ1v) is 8.32. The zero-order valence-corrected chi connectivity index (χ0v) is 13.8. The molecular formula is C17H20N4O3. The number of carbonyl (C=O) groups excluding carboxylic acids is 2. The number of hydrogen-bond acceptors (Lipinski definition) is 5. The fourth-order valence-corrected chi connectivity index (χ4v) is 3.23. The van der Waals surface area contributed by atoms with Crippen LogP contribution in [0, 0.1) is 25.7 Å². The molecule has 2 aromatic rings. The monoisotopic (exact) mass is 328 g/mol. The lowest BCUT2D eigenvalue weighted by atomic mass is 10.1. The second kappa shape index (κ2) is 5.58. The SMILES string of the molecule is Cc1oc2ncnc(NC(=O)[C@H]3CC(=O)N(CC4CC4)C3)c2c1C. The van der Waals surface area contributed by atoms with Crippen molar-refractivity contribution in [3.63, 3.8) is 0 Å². The molecule has 1 atom stereocenters. The van der Waals surface area contributed by atoms with Gasteiger partial charge >= 0.3 is 0 Å². The third-order valence-electron chi connectivity index (χ3n) is 4.97. The number of carbonyl (C=O) groups is 2. The number of rotatable bonds is 4. The molecule has 2 amide bonds. The second-order valence-electron chi connectivity index (χ2n) is 6.82. The van der Waals surface area contributed by atoms with Gasteiger partial charge in [-0.3, -0.25) is 9.59 Å². The lowest BCUT2D eigenvalue weighted by Crippen LogP contribution is -2.30. The molecule has 2 aromatic heterocycles. The largest absolute Gasteiger partial charge is 0.443 e. The smallest absolute Gasteiger partial charge is 0.231 e. The van der Waals surface area contributed by atoms with E-state index in [4.69, 9.17) is 4.42 Å². The average molecular weight is 328 g/mol. The highest BCUT2D eigenvalue weighted by Gasteiger charge is 2.37. The number of nitrogens with one attached hydrogen (secondary N) is 1. The normalized spacial score (nSPS) is 20.8. The van der Waals surface area contributed by atoms with Crippen molar-refractivity contribution in [3.8, 4) is 0 Å². The van der Waals surface area contributed by atoms with Gasteiger partial charge in [0.15, 0.2) is 0 Å². The van der Waals surface area contributed by atoms with Crippen LogP contribution in [0.15, 0.2) is 10.7 Å². The van der Waals surface area contributed by atoms with Crippen LogP contribution in [0.4, 0.5) is 5.82 Å². The number of nitrogens with zero attached hydrogens (tertiary/aromatic N) is 3. The Morgan fingerprint density at radius 3 is 2.92 bits per heavy atom. The number of furan rings is 1. The molecule has 7 heteroatoms. The summed E-state index contributed by atoms with van der Waals surface area (Å²) in [5.74, 6) is 1.42. The summed E-state index contributed by atoms with van der Waals surface area (Å²) in [6, 6.07) is 0. The van der Waals surface area contributed by atoms with Crippen LogP contribution < -0.4 is 5.32 Å². The summed E-state index contributed by atoms with van der Waals surface area (Å²) < 4.78 is 5.57. The van der Waals surface area contributed by atoms with Gasteiger partial charge in [-0.2, -0.15) is 0 Å². The molecule has 1 aliphatic carbocycles. The van der Waals surface area contributed by atoms with E-state index in [1.807, 2.05) is 18.7 Å². The van der Waals surface area contributed by atoms with Gasteiger partial charge in [0.05, 0.1) is 11.3 Å². The fourth-order valence-electron chi connectivity index (χ4n) is 3.23. The zero-order chi connectivity index (χ0) is 16.8. The maximum atomic E-state index is 12.6. The number of aryl methyl sites for hydroxylation is 2. The number of amides is 2. The topological polar surface area (TPSA) is 88.3 Å². The van der Waals surface area contributed by atoms with Crippen LogP contribution in [0.1, 0.15) is 30.6 Å². The highest BCUT2D eigenvalue weighted by atomic mass is 16.3. The Morgan fingerprint density at radius 1 is 1.38 bits per heavy atom. The molecule has 1 saturated carbocycles.